The van der Waals surface area contributed by atoms with E-state index in [2.05, 4.69) is 49.6 Å². The number of nitrogens with zero attached hydrogens (tertiary/aromatic N) is 1. The lowest BCUT2D eigenvalue weighted by Gasteiger charge is -2.14. The highest BCUT2D eigenvalue weighted by Crippen LogP contribution is 2.27. The van der Waals surface area contributed by atoms with E-state index in [0.29, 0.717) is 0 Å². The minimum atomic E-state index is -0.141. The van der Waals surface area contributed by atoms with E-state index in [1.54, 1.807) is 12.4 Å². The molecule has 0 aliphatic rings. The summed E-state index contributed by atoms with van der Waals surface area (Å²) in [6.07, 6.45) is 3.55. The third-order valence-corrected chi connectivity index (χ3v) is 3.73. The predicted molar refractivity (Wildman–Crippen MR) is 77.1 cm³/mol. The van der Waals surface area contributed by atoms with Crippen LogP contribution in [-0.2, 0) is 0 Å². The van der Waals surface area contributed by atoms with Gasteiger partial charge in [0.2, 0.25) is 0 Å². The summed E-state index contributed by atoms with van der Waals surface area (Å²) in [6.45, 7) is 0. The van der Waals surface area contributed by atoms with Crippen LogP contribution in [0.2, 0.25) is 0 Å². The summed E-state index contributed by atoms with van der Waals surface area (Å²) in [6, 6.07) is 9.90. The van der Waals surface area contributed by atoms with Gasteiger partial charge in [0.15, 0.2) is 0 Å². The quantitative estimate of drug-likeness (QED) is 0.799. The highest BCUT2D eigenvalue weighted by atomic mass is 127. The van der Waals surface area contributed by atoms with Gasteiger partial charge in [0.1, 0.15) is 0 Å². The van der Waals surface area contributed by atoms with Gasteiger partial charge in [0.25, 0.3) is 0 Å². The first-order chi connectivity index (χ1) is 7.68. The zero-order valence-electron chi connectivity index (χ0n) is 8.40. The summed E-state index contributed by atoms with van der Waals surface area (Å²) in [5.41, 5.74) is 8.31. The highest BCUT2D eigenvalue weighted by Gasteiger charge is 2.12. The van der Waals surface area contributed by atoms with E-state index >= 15 is 0 Å². The number of aromatic nitrogens is 1. The average molecular weight is 389 g/mol. The lowest BCUT2D eigenvalue weighted by molar-refractivity contribution is 0.857. The summed E-state index contributed by atoms with van der Waals surface area (Å²) < 4.78 is 2.21. The topological polar surface area (TPSA) is 38.9 Å². The first kappa shape index (κ1) is 12.0. The maximum absolute atomic E-state index is 6.21. The van der Waals surface area contributed by atoms with Crippen LogP contribution in [-0.4, -0.2) is 4.98 Å². The molecule has 0 fully saturated rings. The monoisotopic (exact) mass is 388 g/mol. The Bertz CT molecular complexity index is 488. The van der Waals surface area contributed by atoms with E-state index in [4.69, 9.17) is 5.73 Å². The molecule has 2 nitrogen and oxygen atoms in total. The Kier molecular flexibility index (Phi) is 3.94. The van der Waals surface area contributed by atoms with Gasteiger partial charge < -0.3 is 5.73 Å². The van der Waals surface area contributed by atoms with Gasteiger partial charge in [0, 0.05) is 20.4 Å². The van der Waals surface area contributed by atoms with Gasteiger partial charge in [0.05, 0.1) is 6.04 Å². The lowest BCUT2D eigenvalue weighted by Crippen LogP contribution is -2.12. The standard InChI is InChI=1S/C12H10BrIN2/c13-11-4-3-9(14)6-10(11)12(15)8-2-1-5-16-7-8/h1-7,12H,15H2. The first-order valence-electron chi connectivity index (χ1n) is 4.79. The zero-order chi connectivity index (χ0) is 11.5. The van der Waals surface area contributed by atoms with Crippen LogP contribution in [0, 0.1) is 3.57 Å². The molecule has 0 saturated heterocycles. The SMILES string of the molecule is NC(c1cccnc1)c1cc(I)ccc1Br. The number of halogens is 2. The molecule has 1 heterocycles. The van der Waals surface area contributed by atoms with Gasteiger partial charge in [-0.05, 0) is 58.0 Å². The summed E-state index contributed by atoms with van der Waals surface area (Å²) in [7, 11) is 0. The molecule has 1 atom stereocenters. The Morgan fingerprint density at radius 1 is 1.31 bits per heavy atom. The van der Waals surface area contributed by atoms with Crippen molar-refractivity contribution in [3.8, 4) is 0 Å². The van der Waals surface area contributed by atoms with E-state index in [1.807, 2.05) is 24.3 Å². The molecule has 2 N–H and O–H groups in total. The molecule has 0 spiro atoms. The van der Waals surface area contributed by atoms with Gasteiger partial charge in [-0.2, -0.15) is 0 Å². The Morgan fingerprint density at radius 2 is 2.12 bits per heavy atom. The number of hydrogen-bond acceptors (Lipinski definition) is 2. The number of rotatable bonds is 2. The number of nitrogens with two attached hydrogens (primary N) is 1. The minimum Gasteiger partial charge on any atom is -0.320 e. The van der Waals surface area contributed by atoms with E-state index < -0.39 is 0 Å². The zero-order valence-corrected chi connectivity index (χ0v) is 12.1. The van der Waals surface area contributed by atoms with Gasteiger partial charge in [-0.1, -0.05) is 22.0 Å². The molecule has 0 bridgehead atoms. The third-order valence-electron chi connectivity index (χ3n) is 2.34. The molecule has 0 aliphatic heterocycles. The van der Waals surface area contributed by atoms with E-state index in [-0.39, 0.29) is 6.04 Å². The van der Waals surface area contributed by atoms with Crippen LogP contribution in [0.5, 0.6) is 0 Å². The van der Waals surface area contributed by atoms with Crippen molar-refractivity contribution in [1.82, 2.24) is 4.98 Å². The number of pyridine rings is 1. The summed E-state index contributed by atoms with van der Waals surface area (Å²) in [5, 5.41) is 0. The van der Waals surface area contributed by atoms with E-state index in [0.717, 1.165) is 15.6 Å². The maximum Gasteiger partial charge on any atom is 0.0578 e. The van der Waals surface area contributed by atoms with Crippen molar-refractivity contribution in [3.63, 3.8) is 0 Å². The van der Waals surface area contributed by atoms with Gasteiger partial charge in [-0.25, -0.2) is 0 Å². The van der Waals surface area contributed by atoms with Gasteiger partial charge >= 0.3 is 0 Å². The second kappa shape index (κ2) is 5.25. The Hall–Kier alpha value is -0.460. The van der Waals surface area contributed by atoms with Crippen LogP contribution in [0.1, 0.15) is 17.2 Å². The number of hydrogen-bond donors (Lipinski definition) is 1. The molecule has 2 rings (SSSR count). The maximum atomic E-state index is 6.21. The van der Waals surface area contributed by atoms with Crippen molar-refractivity contribution >= 4 is 38.5 Å². The fraction of sp³-hybridized carbons (Fsp3) is 0.0833. The van der Waals surface area contributed by atoms with E-state index in [9.17, 15) is 0 Å². The van der Waals surface area contributed by atoms with Crippen LogP contribution in [0.3, 0.4) is 0 Å². The van der Waals surface area contributed by atoms with Crippen LogP contribution >= 0.6 is 38.5 Å². The molecule has 1 aromatic heterocycles. The van der Waals surface area contributed by atoms with Crippen molar-refractivity contribution in [2.45, 2.75) is 6.04 Å². The molecule has 0 amide bonds. The molecule has 1 unspecified atom stereocenters. The van der Waals surface area contributed by atoms with Crippen molar-refractivity contribution in [3.05, 3.63) is 61.9 Å². The molecule has 0 aliphatic carbocycles. The Morgan fingerprint density at radius 3 is 2.81 bits per heavy atom. The van der Waals surface area contributed by atoms with Crippen molar-refractivity contribution in [1.29, 1.82) is 0 Å². The normalized spacial score (nSPS) is 12.4. The largest absolute Gasteiger partial charge is 0.320 e. The minimum absolute atomic E-state index is 0.141. The van der Waals surface area contributed by atoms with Gasteiger partial charge in [-0.15, -0.1) is 0 Å². The molecular formula is C12H10BrIN2. The fourth-order valence-corrected chi connectivity index (χ4v) is 2.50. The second-order valence-electron chi connectivity index (χ2n) is 3.43. The van der Waals surface area contributed by atoms with Crippen molar-refractivity contribution in [2.24, 2.45) is 5.73 Å². The summed E-state index contributed by atoms with van der Waals surface area (Å²) >= 11 is 5.81. The second-order valence-corrected chi connectivity index (χ2v) is 5.53. The molecule has 2 aromatic rings. The smallest absolute Gasteiger partial charge is 0.0578 e. The van der Waals surface area contributed by atoms with Crippen molar-refractivity contribution in [2.75, 3.05) is 0 Å². The average Bonchev–Trinajstić information content (AvgIpc) is 2.32. The first-order valence-corrected chi connectivity index (χ1v) is 6.66. The van der Waals surface area contributed by atoms with Crippen molar-refractivity contribution < 1.29 is 0 Å². The van der Waals surface area contributed by atoms with Crippen LogP contribution in [0.15, 0.2) is 47.2 Å². The molecule has 82 valence electrons. The van der Waals surface area contributed by atoms with Crippen LogP contribution in [0.25, 0.3) is 0 Å². The molecule has 0 radical (unpaired) electrons. The predicted octanol–water partition coefficient (Wildman–Crippen LogP) is 3.50. The number of benzene rings is 1. The van der Waals surface area contributed by atoms with Gasteiger partial charge in [-0.3, -0.25) is 4.98 Å². The fourth-order valence-electron chi connectivity index (χ4n) is 1.49. The molecular weight excluding hydrogens is 379 g/mol. The Labute approximate surface area is 117 Å². The lowest BCUT2D eigenvalue weighted by atomic mass is 10.0. The van der Waals surface area contributed by atoms with E-state index in [1.165, 1.54) is 3.57 Å². The highest BCUT2D eigenvalue weighted by molar-refractivity contribution is 14.1. The summed E-state index contributed by atoms with van der Waals surface area (Å²) in [4.78, 5) is 4.09. The van der Waals surface area contributed by atoms with Crippen LogP contribution < -0.4 is 5.73 Å². The summed E-state index contributed by atoms with van der Waals surface area (Å²) in [5.74, 6) is 0. The molecule has 0 saturated carbocycles. The molecule has 1 aromatic carbocycles. The Balaban J connectivity index is 2.41. The third kappa shape index (κ3) is 2.61. The molecule has 4 heteroatoms. The van der Waals surface area contributed by atoms with Crippen LogP contribution in [0.4, 0.5) is 0 Å². The molecule has 16 heavy (non-hydrogen) atoms.